The van der Waals surface area contributed by atoms with Crippen molar-refractivity contribution in [2.45, 2.75) is 78.4 Å². The van der Waals surface area contributed by atoms with Crippen LogP contribution in [0, 0.1) is 0 Å². The second kappa shape index (κ2) is 12.9. The van der Waals surface area contributed by atoms with Gasteiger partial charge in [-0.25, -0.2) is 4.79 Å². The van der Waals surface area contributed by atoms with Crippen molar-refractivity contribution in [3.8, 4) is 11.5 Å². The minimum Gasteiger partial charge on any atom is -0.540 e. The molecule has 0 bridgehead atoms. The molecular weight excluding hydrogens is 408 g/mol. The molecule has 0 N–H and O–H groups in total. The Morgan fingerprint density at radius 2 is 1.61 bits per heavy atom. The predicted molar refractivity (Wildman–Crippen MR) is 130 cm³/mol. The van der Waals surface area contributed by atoms with Gasteiger partial charge in [0.25, 0.3) is 8.32 Å². The number of rotatable bonds is 13. The number of carbonyl (C=O) groups excluding carboxylic acids is 1. The molecule has 0 heterocycles. The van der Waals surface area contributed by atoms with Crippen molar-refractivity contribution in [2.24, 2.45) is 0 Å². The van der Waals surface area contributed by atoms with E-state index in [4.69, 9.17) is 18.6 Å². The maximum Gasteiger partial charge on any atom is 0.331 e. The fraction of sp³-hybridized carbons (Fsp3) is 0.640. The molecule has 5 nitrogen and oxygen atoms in total. The molecular formula is C25H42O5Si. The lowest BCUT2D eigenvalue weighted by atomic mass is 10.1. The lowest BCUT2D eigenvalue weighted by Crippen LogP contribution is -2.50. The Balaban J connectivity index is 3.36. The van der Waals surface area contributed by atoms with Gasteiger partial charge < -0.3 is 18.6 Å². The van der Waals surface area contributed by atoms with E-state index >= 15 is 0 Å². The van der Waals surface area contributed by atoms with Crippen LogP contribution in [0.1, 0.15) is 67.4 Å². The Hall–Kier alpha value is -1.79. The van der Waals surface area contributed by atoms with Crippen molar-refractivity contribution in [3.63, 3.8) is 0 Å². The standard InChI is InChI=1S/C25H42O5Si/c1-10-28-25(26)16-21(8)22-12-13-23(24(17-22)29-15-11-14-27-9)30-31(18(2)3,19(4)5)20(6)7/h12-13,16-20H,10-11,14-15H2,1-9H3/b21-16-. The van der Waals surface area contributed by atoms with Crippen LogP contribution in [-0.2, 0) is 14.3 Å². The van der Waals surface area contributed by atoms with Crippen LogP contribution in [0.4, 0.5) is 0 Å². The average molecular weight is 451 g/mol. The number of hydrogen-bond acceptors (Lipinski definition) is 5. The van der Waals surface area contributed by atoms with Gasteiger partial charge in [-0.05, 0) is 53.7 Å². The van der Waals surface area contributed by atoms with Crippen LogP contribution in [0.5, 0.6) is 11.5 Å². The minimum absolute atomic E-state index is 0.339. The fourth-order valence-electron chi connectivity index (χ4n) is 4.32. The SMILES string of the molecule is CCOC(=O)/C=C(/C)c1ccc(O[Si](C(C)C)(C(C)C)C(C)C)c(OCCCOC)c1. The molecule has 0 fully saturated rings. The largest absolute Gasteiger partial charge is 0.540 e. The molecule has 0 aliphatic heterocycles. The van der Waals surface area contributed by atoms with Crippen molar-refractivity contribution >= 4 is 19.9 Å². The second-order valence-corrected chi connectivity index (χ2v) is 14.2. The van der Waals surface area contributed by atoms with Gasteiger partial charge in [0.2, 0.25) is 0 Å². The highest BCUT2D eigenvalue weighted by Crippen LogP contribution is 2.45. The quantitative estimate of drug-likeness (QED) is 0.146. The third-order valence-corrected chi connectivity index (χ3v) is 11.8. The summed E-state index contributed by atoms with van der Waals surface area (Å²) in [4.78, 5) is 11.9. The fourth-order valence-corrected chi connectivity index (χ4v) is 9.58. The maximum absolute atomic E-state index is 11.9. The molecule has 176 valence electrons. The molecule has 31 heavy (non-hydrogen) atoms. The number of hydrogen-bond donors (Lipinski definition) is 0. The van der Waals surface area contributed by atoms with Crippen molar-refractivity contribution in [1.29, 1.82) is 0 Å². The normalized spacial score (nSPS) is 12.6. The molecule has 0 unspecified atom stereocenters. The predicted octanol–water partition coefficient (Wildman–Crippen LogP) is 6.62. The van der Waals surface area contributed by atoms with Gasteiger partial charge in [-0.1, -0.05) is 47.6 Å². The van der Waals surface area contributed by atoms with E-state index in [1.54, 1.807) is 14.0 Å². The van der Waals surface area contributed by atoms with Gasteiger partial charge in [0.05, 0.1) is 13.2 Å². The van der Waals surface area contributed by atoms with E-state index in [-0.39, 0.29) is 5.97 Å². The van der Waals surface area contributed by atoms with Gasteiger partial charge in [-0.3, -0.25) is 0 Å². The minimum atomic E-state index is -2.13. The van der Waals surface area contributed by atoms with E-state index in [1.807, 2.05) is 25.1 Å². The summed E-state index contributed by atoms with van der Waals surface area (Å²) < 4.78 is 23.2. The first kappa shape index (κ1) is 27.2. The first-order valence-electron chi connectivity index (χ1n) is 11.4. The van der Waals surface area contributed by atoms with E-state index in [0.29, 0.717) is 42.2 Å². The maximum atomic E-state index is 11.9. The smallest absolute Gasteiger partial charge is 0.331 e. The van der Waals surface area contributed by atoms with E-state index < -0.39 is 8.32 Å². The van der Waals surface area contributed by atoms with Crippen molar-refractivity contribution < 1.29 is 23.4 Å². The lowest BCUT2D eigenvalue weighted by molar-refractivity contribution is -0.137. The molecule has 6 heteroatoms. The summed E-state index contributed by atoms with van der Waals surface area (Å²) in [5.74, 6) is 1.16. The summed E-state index contributed by atoms with van der Waals surface area (Å²) in [6.07, 6.45) is 2.31. The molecule has 0 saturated carbocycles. The van der Waals surface area contributed by atoms with Crippen LogP contribution in [0.15, 0.2) is 24.3 Å². The Morgan fingerprint density at radius 3 is 2.13 bits per heavy atom. The Bertz CT molecular complexity index is 703. The zero-order valence-electron chi connectivity index (χ0n) is 20.9. The summed E-state index contributed by atoms with van der Waals surface area (Å²) in [6.45, 7) is 18.8. The summed E-state index contributed by atoms with van der Waals surface area (Å²) in [5.41, 5.74) is 3.11. The molecule has 0 aromatic heterocycles. The molecule has 1 rings (SSSR count). The third kappa shape index (κ3) is 7.39. The summed E-state index contributed by atoms with van der Waals surface area (Å²) >= 11 is 0. The number of benzene rings is 1. The van der Waals surface area contributed by atoms with Crippen LogP contribution in [-0.4, -0.2) is 41.2 Å². The van der Waals surface area contributed by atoms with Crippen molar-refractivity contribution in [1.82, 2.24) is 0 Å². The number of ether oxygens (including phenoxy) is 3. The molecule has 0 atom stereocenters. The number of carbonyl (C=O) groups is 1. The highest BCUT2D eigenvalue weighted by Gasteiger charge is 2.47. The average Bonchev–Trinajstić information content (AvgIpc) is 2.69. The summed E-state index contributed by atoms with van der Waals surface area (Å²) in [7, 11) is -0.442. The first-order valence-corrected chi connectivity index (χ1v) is 13.5. The van der Waals surface area contributed by atoms with Gasteiger partial charge in [0, 0.05) is 26.2 Å². The molecule has 0 aliphatic carbocycles. The Kier molecular flexibility index (Phi) is 11.3. The summed E-state index contributed by atoms with van der Waals surface area (Å²) in [6, 6.07) is 5.94. The molecule has 1 aromatic rings. The van der Waals surface area contributed by atoms with Gasteiger partial charge >= 0.3 is 5.97 Å². The van der Waals surface area contributed by atoms with Crippen LogP contribution in [0.3, 0.4) is 0 Å². The molecule has 0 radical (unpaired) electrons. The van der Waals surface area contributed by atoms with Crippen LogP contribution < -0.4 is 9.16 Å². The topological polar surface area (TPSA) is 54.0 Å². The molecule has 0 aliphatic rings. The second-order valence-electron chi connectivity index (χ2n) is 8.86. The molecule has 1 aromatic carbocycles. The van der Waals surface area contributed by atoms with E-state index in [2.05, 4.69) is 41.5 Å². The monoisotopic (exact) mass is 450 g/mol. The van der Waals surface area contributed by atoms with Gasteiger partial charge in [0.15, 0.2) is 5.75 Å². The molecule has 0 amide bonds. The zero-order valence-corrected chi connectivity index (χ0v) is 21.9. The Morgan fingerprint density at radius 1 is 1.00 bits per heavy atom. The van der Waals surface area contributed by atoms with E-state index in [1.165, 1.54) is 6.08 Å². The number of esters is 1. The lowest BCUT2D eigenvalue weighted by Gasteiger charge is -2.42. The molecule has 0 saturated heterocycles. The Labute approximate surface area is 190 Å². The summed E-state index contributed by atoms with van der Waals surface area (Å²) in [5, 5.41) is 0. The van der Waals surface area contributed by atoms with E-state index in [0.717, 1.165) is 23.3 Å². The zero-order chi connectivity index (χ0) is 23.6. The van der Waals surface area contributed by atoms with Crippen LogP contribution in [0.25, 0.3) is 5.57 Å². The van der Waals surface area contributed by atoms with E-state index in [9.17, 15) is 4.79 Å². The van der Waals surface area contributed by atoms with Crippen LogP contribution >= 0.6 is 0 Å². The third-order valence-electron chi connectivity index (χ3n) is 5.76. The molecule has 0 spiro atoms. The van der Waals surface area contributed by atoms with Gasteiger partial charge in [-0.15, -0.1) is 0 Å². The first-order chi connectivity index (χ1) is 14.6. The highest BCUT2D eigenvalue weighted by atomic mass is 28.4. The number of allylic oxidation sites excluding steroid dienone is 1. The highest BCUT2D eigenvalue weighted by molar-refractivity contribution is 6.78. The van der Waals surface area contributed by atoms with Gasteiger partial charge in [-0.2, -0.15) is 0 Å². The van der Waals surface area contributed by atoms with Crippen molar-refractivity contribution in [2.75, 3.05) is 26.9 Å². The van der Waals surface area contributed by atoms with Crippen molar-refractivity contribution in [3.05, 3.63) is 29.8 Å². The van der Waals surface area contributed by atoms with Crippen LogP contribution in [0.2, 0.25) is 16.6 Å². The van der Waals surface area contributed by atoms with Gasteiger partial charge in [0.1, 0.15) is 5.75 Å². The number of methoxy groups -OCH3 is 1.